The minimum atomic E-state index is -0.855. The molecule has 0 heterocycles. The topological polar surface area (TPSA) is 64.3 Å². The van der Waals surface area contributed by atoms with Crippen molar-refractivity contribution in [3.63, 3.8) is 0 Å². The molecule has 0 spiro atoms. The number of nitrogens with one attached hydrogen (secondary N) is 1. The quantitative estimate of drug-likeness (QED) is 0.892. The van der Waals surface area contributed by atoms with Gasteiger partial charge in [-0.15, -0.1) is 0 Å². The fraction of sp³-hybridized carbons (Fsp3) is 0.133. The molecule has 110 valence electrons. The zero-order valence-electron chi connectivity index (χ0n) is 11.3. The molecule has 0 aliphatic heterocycles. The number of benzene rings is 2. The molecule has 1 unspecified atom stereocenters. The smallest absolute Gasteiger partial charge is 0.244 e. The highest BCUT2D eigenvalue weighted by Gasteiger charge is 2.19. The Bertz CT molecular complexity index is 647. The highest BCUT2D eigenvalue weighted by atomic mass is 35.5. The SMILES string of the molecule is COc1ccc(C(Nc2ccc(Cl)cc2)C(N)=O)cc1F. The number of methoxy groups -OCH3 is 1. The number of ether oxygens (including phenoxy) is 1. The Balaban J connectivity index is 2.28. The predicted molar refractivity (Wildman–Crippen MR) is 80.0 cm³/mol. The van der Waals surface area contributed by atoms with Crippen molar-refractivity contribution in [2.24, 2.45) is 5.73 Å². The van der Waals surface area contributed by atoms with Crippen molar-refractivity contribution < 1.29 is 13.9 Å². The molecular formula is C15H14ClFN2O2. The Labute approximate surface area is 126 Å². The van der Waals surface area contributed by atoms with Gasteiger partial charge in [-0.2, -0.15) is 0 Å². The van der Waals surface area contributed by atoms with Gasteiger partial charge in [0, 0.05) is 10.7 Å². The van der Waals surface area contributed by atoms with Crippen molar-refractivity contribution in [1.29, 1.82) is 0 Å². The maximum Gasteiger partial charge on any atom is 0.244 e. The van der Waals surface area contributed by atoms with Crippen LogP contribution in [0.15, 0.2) is 42.5 Å². The second-order valence-electron chi connectivity index (χ2n) is 4.38. The highest BCUT2D eigenvalue weighted by Crippen LogP contribution is 2.25. The molecule has 2 aromatic carbocycles. The Morgan fingerprint density at radius 2 is 1.95 bits per heavy atom. The number of hydrogen-bond acceptors (Lipinski definition) is 3. The summed E-state index contributed by atoms with van der Waals surface area (Å²) in [6.45, 7) is 0. The molecule has 0 radical (unpaired) electrons. The molecular weight excluding hydrogens is 295 g/mol. The van der Waals surface area contributed by atoms with E-state index >= 15 is 0 Å². The van der Waals surface area contributed by atoms with Crippen LogP contribution in [-0.2, 0) is 4.79 Å². The third-order valence-electron chi connectivity index (χ3n) is 2.95. The maximum atomic E-state index is 13.7. The van der Waals surface area contributed by atoms with E-state index in [-0.39, 0.29) is 5.75 Å². The van der Waals surface area contributed by atoms with Crippen LogP contribution in [0.1, 0.15) is 11.6 Å². The Kier molecular flexibility index (Phi) is 4.65. The number of hydrogen-bond donors (Lipinski definition) is 2. The average Bonchev–Trinajstić information content (AvgIpc) is 2.46. The first-order valence-corrected chi connectivity index (χ1v) is 6.54. The zero-order chi connectivity index (χ0) is 15.4. The second kappa shape index (κ2) is 6.45. The fourth-order valence-electron chi connectivity index (χ4n) is 1.89. The van der Waals surface area contributed by atoms with E-state index in [0.29, 0.717) is 16.3 Å². The van der Waals surface area contributed by atoms with E-state index in [0.717, 1.165) is 0 Å². The van der Waals surface area contributed by atoms with Gasteiger partial charge < -0.3 is 15.8 Å². The summed E-state index contributed by atoms with van der Waals surface area (Å²) in [6.07, 6.45) is 0. The molecule has 0 aromatic heterocycles. The number of primary amides is 1. The van der Waals surface area contributed by atoms with E-state index in [4.69, 9.17) is 22.1 Å². The van der Waals surface area contributed by atoms with Gasteiger partial charge in [0.15, 0.2) is 11.6 Å². The van der Waals surface area contributed by atoms with Crippen molar-refractivity contribution in [2.75, 3.05) is 12.4 Å². The number of amides is 1. The molecule has 0 fully saturated rings. The summed E-state index contributed by atoms with van der Waals surface area (Å²) in [6, 6.07) is 10.2. The molecule has 6 heteroatoms. The van der Waals surface area contributed by atoms with Crippen molar-refractivity contribution in [1.82, 2.24) is 0 Å². The molecule has 21 heavy (non-hydrogen) atoms. The minimum absolute atomic E-state index is 0.105. The first-order valence-electron chi connectivity index (χ1n) is 6.16. The van der Waals surface area contributed by atoms with Crippen LogP contribution in [0, 0.1) is 5.82 Å². The first kappa shape index (κ1) is 15.1. The number of anilines is 1. The van der Waals surface area contributed by atoms with E-state index in [1.807, 2.05) is 0 Å². The van der Waals surface area contributed by atoms with Crippen LogP contribution in [0.4, 0.5) is 10.1 Å². The lowest BCUT2D eigenvalue weighted by Crippen LogP contribution is -2.27. The van der Waals surface area contributed by atoms with E-state index in [2.05, 4.69) is 5.32 Å². The fourth-order valence-corrected chi connectivity index (χ4v) is 2.02. The summed E-state index contributed by atoms with van der Waals surface area (Å²) in [5.41, 5.74) is 6.45. The lowest BCUT2D eigenvalue weighted by atomic mass is 10.1. The normalized spacial score (nSPS) is 11.8. The lowest BCUT2D eigenvalue weighted by molar-refractivity contribution is -0.118. The molecule has 3 N–H and O–H groups in total. The predicted octanol–water partition coefficient (Wildman–Crippen LogP) is 3.13. The van der Waals surface area contributed by atoms with Gasteiger partial charge >= 0.3 is 0 Å². The molecule has 0 aliphatic carbocycles. The summed E-state index contributed by atoms with van der Waals surface area (Å²) in [5, 5.41) is 3.52. The third-order valence-corrected chi connectivity index (χ3v) is 3.20. The molecule has 1 atom stereocenters. The maximum absolute atomic E-state index is 13.7. The Hall–Kier alpha value is -2.27. The van der Waals surface area contributed by atoms with Gasteiger partial charge in [0.05, 0.1) is 7.11 Å². The number of halogens is 2. The molecule has 2 aromatic rings. The monoisotopic (exact) mass is 308 g/mol. The van der Waals surface area contributed by atoms with Crippen LogP contribution >= 0.6 is 11.6 Å². The summed E-state index contributed by atoms with van der Waals surface area (Å²) >= 11 is 5.80. The minimum Gasteiger partial charge on any atom is -0.494 e. The van der Waals surface area contributed by atoms with Gasteiger partial charge in [-0.25, -0.2) is 4.39 Å². The molecule has 0 saturated carbocycles. The number of carbonyl (C=O) groups is 1. The van der Waals surface area contributed by atoms with Crippen molar-refractivity contribution in [2.45, 2.75) is 6.04 Å². The number of nitrogens with two attached hydrogens (primary N) is 1. The molecule has 0 aliphatic rings. The number of rotatable bonds is 5. The van der Waals surface area contributed by atoms with E-state index in [1.165, 1.54) is 19.2 Å². The van der Waals surface area contributed by atoms with Gasteiger partial charge in [-0.05, 0) is 42.0 Å². The standard InChI is InChI=1S/C15H14ClFN2O2/c1-21-13-7-2-9(8-12(13)17)14(15(18)20)19-11-5-3-10(16)4-6-11/h2-8,14,19H,1H3,(H2,18,20). The van der Waals surface area contributed by atoms with Crippen molar-refractivity contribution in [3.8, 4) is 5.75 Å². The molecule has 4 nitrogen and oxygen atoms in total. The van der Waals surface area contributed by atoms with Crippen LogP contribution in [0.2, 0.25) is 5.02 Å². The molecule has 0 saturated heterocycles. The van der Waals surface area contributed by atoms with Gasteiger partial charge in [0.25, 0.3) is 0 Å². The van der Waals surface area contributed by atoms with Crippen LogP contribution in [0.25, 0.3) is 0 Å². The van der Waals surface area contributed by atoms with Gasteiger partial charge in [-0.1, -0.05) is 17.7 Å². The van der Waals surface area contributed by atoms with Crippen molar-refractivity contribution >= 4 is 23.2 Å². The summed E-state index contributed by atoms with van der Waals surface area (Å²) in [5.74, 6) is -1.07. The summed E-state index contributed by atoms with van der Waals surface area (Å²) in [7, 11) is 1.37. The van der Waals surface area contributed by atoms with Crippen LogP contribution in [-0.4, -0.2) is 13.0 Å². The summed E-state index contributed by atoms with van der Waals surface area (Å²) in [4.78, 5) is 11.6. The van der Waals surface area contributed by atoms with Crippen LogP contribution in [0.3, 0.4) is 0 Å². The zero-order valence-corrected chi connectivity index (χ0v) is 12.0. The van der Waals surface area contributed by atoms with E-state index < -0.39 is 17.8 Å². The summed E-state index contributed by atoms with van der Waals surface area (Å²) < 4.78 is 18.6. The molecule has 0 bridgehead atoms. The highest BCUT2D eigenvalue weighted by molar-refractivity contribution is 6.30. The van der Waals surface area contributed by atoms with Crippen molar-refractivity contribution in [3.05, 3.63) is 58.9 Å². The van der Waals surface area contributed by atoms with Gasteiger partial charge in [0.2, 0.25) is 5.91 Å². The van der Waals surface area contributed by atoms with Gasteiger partial charge in [-0.3, -0.25) is 4.79 Å². The van der Waals surface area contributed by atoms with Gasteiger partial charge in [0.1, 0.15) is 6.04 Å². The largest absolute Gasteiger partial charge is 0.494 e. The van der Waals surface area contributed by atoms with Crippen LogP contribution in [0.5, 0.6) is 5.75 Å². The Morgan fingerprint density at radius 1 is 1.29 bits per heavy atom. The molecule has 2 rings (SSSR count). The average molecular weight is 309 g/mol. The number of carbonyl (C=O) groups excluding carboxylic acids is 1. The second-order valence-corrected chi connectivity index (χ2v) is 4.82. The Morgan fingerprint density at radius 3 is 2.48 bits per heavy atom. The lowest BCUT2D eigenvalue weighted by Gasteiger charge is -2.18. The van der Waals surface area contributed by atoms with E-state index in [9.17, 15) is 9.18 Å². The van der Waals surface area contributed by atoms with Crippen LogP contribution < -0.4 is 15.8 Å². The first-order chi connectivity index (χ1) is 10.0. The van der Waals surface area contributed by atoms with E-state index in [1.54, 1.807) is 30.3 Å². The third kappa shape index (κ3) is 3.64. The molecule has 1 amide bonds.